The highest BCUT2D eigenvalue weighted by molar-refractivity contribution is 5.86. The summed E-state index contributed by atoms with van der Waals surface area (Å²) >= 11 is 0. The van der Waals surface area contributed by atoms with Gasteiger partial charge in [0, 0.05) is 44.8 Å². The number of aliphatic imine (C=N–C) groups is 1. The fourth-order valence-corrected chi connectivity index (χ4v) is 4.39. The first kappa shape index (κ1) is 23.2. The Hall–Kier alpha value is -2.48. The number of likely N-dealkylation sites (tertiary alicyclic amines) is 1. The van der Waals surface area contributed by atoms with Crippen LogP contribution in [0.1, 0.15) is 44.1 Å². The number of carbonyl (C=O) groups excluding carboxylic acids is 1. The molecule has 8 heteroatoms. The molecular formula is C23H37N5O3. The number of carbonyl (C=O) groups is 1. The maximum absolute atomic E-state index is 12.2. The van der Waals surface area contributed by atoms with Crippen molar-refractivity contribution >= 4 is 11.9 Å². The van der Waals surface area contributed by atoms with E-state index in [0.717, 1.165) is 50.4 Å². The Bertz CT molecular complexity index is 726. The summed E-state index contributed by atoms with van der Waals surface area (Å²) < 4.78 is 10.8. The van der Waals surface area contributed by atoms with Gasteiger partial charge in [0.1, 0.15) is 11.5 Å². The van der Waals surface area contributed by atoms with Gasteiger partial charge in [-0.1, -0.05) is 19.3 Å². The van der Waals surface area contributed by atoms with Gasteiger partial charge < -0.3 is 25.4 Å². The average Bonchev–Trinajstić information content (AvgIpc) is 3.23. The maximum Gasteiger partial charge on any atom is 0.239 e. The molecule has 0 aromatic heterocycles. The predicted molar refractivity (Wildman–Crippen MR) is 123 cm³/mol. The Labute approximate surface area is 185 Å². The monoisotopic (exact) mass is 431 g/mol. The molecule has 0 bridgehead atoms. The van der Waals surface area contributed by atoms with E-state index in [0.29, 0.717) is 18.0 Å². The first-order valence-corrected chi connectivity index (χ1v) is 11.3. The molecule has 3 rings (SSSR count). The largest absolute Gasteiger partial charge is 0.497 e. The van der Waals surface area contributed by atoms with E-state index in [9.17, 15) is 4.79 Å². The Morgan fingerprint density at radius 3 is 2.39 bits per heavy atom. The minimum absolute atomic E-state index is 0.0369. The molecule has 1 aliphatic heterocycles. The van der Waals surface area contributed by atoms with Gasteiger partial charge in [-0.25, -0.2) is 0 Å². The maximum atomic E-state index is 12.2. The Kier molecular flexibility index (Phi) is 8.82. The number of nitrogens with one attached hydrogen (secondary N) is 3. The molecule has 2 aliphatic rings. The van der Waals surface area contributed by atoms with Crippen molar-refractivity contribution in [1.29, 1.82) is 0 Å². The SMILES string of the molecule is CN=C(NCC(=O)NC1CCCCC1)NC1CCN(Cc2cc(OC)cc(OC)c2)C1. The summed E-state index contributed by atoms with van der Waals surface area (Å²) in [5, 5.41) is 9.74. The highest BCUT2D eigenvalue weighted by atomic mass is 16.5. The van der Waals surface area contributed by atoms with Gasteiger partial charge in [0.15, 0.2) is 5.96 Å². The van der Waals surface area contributed by atoms with Gasteiger partial charge in [0.25, 0.3) is 0 Å². The number of hydrogen-bond acceptors (Lipinski definition) is 5. The highest BCUT2D eigenvalue weighted by Crippen LogP contribution is 2.24. The molecule has 172 valence electrons. The number of hydrogen-bond donors (Lipinski definition) is 3. The molecule has 1 heterocycles. The van der Waals surface area contributed by atoms with Crippen molar-refractivity contribution in [2.75, 3.05) is 40.9 Å². The fraction of sp³-hybridized carbons (Fsp3) is 0.652. The number of benzene rings is 1. The van der Waals surface area contributed by atoms with Crippen LogP contribution in [0.25, 0.3) is 0 Å². The number of methoxy groups -OCH3 is 2. The van der Waals surface area contributed by atoms with Crippen LogP contribution in [0.4, 0.5) is 0 Å². The molecule has 1 saturated heterocycles. The van der Waals surface area contributed by atoms with Gasteiger partial charge in [0.2, 0.25) is 5.91 Å². The number of ether oxygens (including phenoxy) is 2. The molecule has 2 fully saturated rings. The second kappa shape index (κ2) is 11.8. The molecule has 8 nitrogen and oxygen atoms in total. The molecule has 1 aliphatic carbocycles. The molecule has 0 radical (unpaired) electrons. The van der Waals surface area contributed by atoms with E-state index in [1.807, 2.05) is 6.07 Å². The average molecular weight is 432 g/mol. The lowest BCUT2D eigenvalue weighted by Crippen LogP contribution is -2.49. The first-order chi connectivity index (χ1) is 15.1. The molecule has 3 N–H and O–H groups in total. The normalized spacial score (nSPS) is 20.4. The Morgan fingerprint density at radius 2 is 1.74 bits per heavy atom. The van der Waals surface area contributed by atoms with Crippen molar-refractivity contribution in [1.82, 2.24) is 20.9 Å². The first-order valence-electron chi connectivity index (χ1n) is 11.3. The van der Waals surface area contributed by atoms with Crippen molar-refractivity contribution in [3.63, 3.8) is 0 Å². The van der Waals surface area contributed by atoms with Crippen molar-refractivity contribution in [3.8, 4) is 11.5 Å². The van der Waals surface area contributed by atoms with Crippen LogP contribution < -0.4 is 25.4 Å². The quantitative estimate of drug-likeness (QED) is 0.430. The van der Waals surface area contributed by atoms with Gasteiger partial charge in [-0.2, -0.15) is 0 Å². The standard InChI is InChI=1S/C23H37N5O3/c1-24-23(25-14-22(29)26-18-7-5-4-6-8-18)27-19-9-10-28(16-19)15-17-11-20(30-2)13-21(12-17)31-3/h11-13,18-19H,4-10,14-16H2,1-3H3,(H,26,29)(H2,24,25,27). The van der Waals surface area contributed by atoms with Crippen LogP contribution in [0.15, 0.2) is 23.2 Å². The van der Waals surface area contributed by atoms with Crippen LogP contribution in [-0.2, 0) is 11.3 Å². The van der Waals surface area contributed by atoms with Crippen molar-refractivity contribution in [2.24, 2.45) is 4.99 Å². The molecule has 31 heavy (non-hydrogen) atoms. The van der Waals surface area contributed by atoms with Gasteiger partial charge in [0.05, 0.1) is 20.8 Å². The van der Waals surface area contributed by atoms with Gasteiger partial charge in [-0.05, 0) is 37.0 Å². The third kappa shape index (κ3) is 7.31. The van der Waals surface area contributed by atoms with E-state index < -0.39 is 0 Å². The van der Waals surface area contributed by atoms with E-state index in [2.05, 4.69) is 38.0 Å². The van der Waals surface area contributed by atoms with Crippen LogP contribution in [0.3, 0.4) is 0 Å². The van der Waals surface area contributed by atoms with E-state index >= 15 is 0 Å². The molecule has 1 atom stereocenters. The second-order valence-corrected chi connectivity index (χ2v) is 8.41. The summed E-state index contributed by atoms with van der Waals surface area (Å²) in [6, 6.07) is 6.61. The van der Waals surface area contributed by atoms with Gasteiger partial charge in [-0.15, -0.1) is 0 Å². The lowest BCUT2D eigenvalue weighted by Gasteiger charge is -2.23. The van der Waals surface area contributed by atoms with E-state index in [4.69, 9.17) is 9.47 Å². The topological polar surface area (TPSA) is 87.2 Å². The second-order valence-electron chi connectivity index (χ2n) is 8.41. The summed E-state index contributed by atoms with van der Waals surface area (Å²) in [6.45, 7) is 2.99. The van der Waals surface area contributed by atoms with E-state index in [1.54, 1.807) is 21.3 Å². The lowest BCUT2D eigenvalue weighted by molar-refractivity contribution is -0.120. The van der Waals surface area contributed by atoms with Crippen LogP contribution >= 0.6 is 0 Å². The fourth-order valence-electron chi connectivity index (χ4n) is 4.39. The molecule has 1 aromatic carbocycles. The summed E-state index contributed by atoms with van der Waals surface area (Å²) in [7, 11) is 5.08. The molecule has 1 unspecified atom stereocenters. The van der Waals surface area contributed by atoms with Crippen molar-refractivity contribution < 1.29 is 14.3 Å². The van der Waals surface area contributed by atoms with Crippen LogP contribution in [-0.4, -0.2) is 69.8 Å². The minimum Gasteiger partial charge on any atom is -0.497 e. The lowest BCUT2D eigenvalue weighted by atomic mass is 9.95. The zero-order valence-corrected chi connectivity index (χ0v) is 19.1. The molecule has 0 spiro atoms. The molecule has 1 amide bonds. The zero-order valence-electron chi connectivity index (χ0n) is 19.1. The van der Waals surface area contributed by atoms with Crippen molar-refractivity contribution in [3.05, 3.63) is 23.8 Å². The van der Waals surface area contributed by atoms with Crippen LogP contribution in [0.5, 0.6) is 11.5 Å². The highest BCUT2D eigenvalue weighted by Gasteiger charge is 2.24. The summed E-state index contributed by atoms with van der Waals surface area (Å²) in [5.74, 6) is 2.32. The molecular weight excluding hydrogens is 394 g/mol. The molecule has 1 saturated carbocycles. The van der Waals surface area contributed by atoms with E-state index in [-0.39, 0.29) is 12.5 Å². The summed E-state index contributed by atoms with van der Waals surface area (Å²) in [5.41, 5.74) is 1.17. The third-order valence-corrected chi connectivity index (χ3v) is 6.04. The van der Waals surface area contributed by atoms with Crippen LogP contribution in [0.2, 0.25) is 0 Å². The van der Waals surface area contributed by atoms with Gasteiger partial charge in [-0.3, -0.25) is 14.7 Å². The Morgan fingerprint density at radius 1 is 1.03 bits per heavy atom. The predicted octanol–water partition coefficient (Wildman–Crippen LogP) is 1.89. The molecule has 1 aromatic rings. The zero-order chi connectivity index (χ0) is 22.1. The smallest absolute Gasteiger partial charge is 0.239 e. The Balaban J connectivity index is 1.42. The summed E-state index contributed by atoms with van der Waals surface area (Å²) in [6.07, 6.45) is 6.91. The minimum atomic E-state index is 0.0369. The third-order valence-electron chi connectivity index (χ3n) is 6.04. The van der Waals surface area contributed by atoms with E-state index in [1.165, 1.54) is 24.8 Å². The van der Waals surface area contributed by atoms with Gasteiger partial charge >= 0.3 is 0 Å². The number of amides is 1. The number of guanidine groups is 1. The number of rotatable bonds is 8. The number of nitrogens with zero attached hydrogens (tertiary/aromatic N) is 2. The van der Waals surface area contributed by atoms with Crippen LogP contribution in [0, 0.1) is 0 Å². The summed E-state index contributed by atoms with van der Waals surface area (Å²) in [4.78, 5) is 18.9. The van der Waals surface area contributed by atoms with Crippen molar-refractivity contribution in [2.45, 2.75) is 57.2 Å².